The molecular formula is C73H73Cl3N10O17S. The van der Waals surface area contributed by atoms with Crippen LogP contribution in [0.15, 0.2) is 228 Å². The number of nitrogens with zero attached hydrogens (tertiary/aromatic N) is 6. The fourth-order valence-corrected chi connectivity index (χ4v) is 9.96. The molecule has 31 heteroatoms. The molecule has 104 heavy (non-hydrogen) atoms. The lowest BCUT2D eigenvalue weighted by Crippen LogP contribution is -2.21. The molecule has 0 radical (unpaired) electrons. The van der Waals surface area contributed by atoms with Gasteiger partial charge in [0.1, 0.15) is 41.7 Å². The molecule has 0 amide bonds. The van der Waals surface area contributed by atoms with Crippen molar-refractivity contribution in [2.45, 2.75) is 52.2 Å². The Bertz CT molecular complexity index is 4410. The number of nitrogens with two attached hydrogens (primary N) is 2. The zero-order valence-corrected chi connectivity index (χ0v) is 59.3. The Hall–Kier alpha value is -11.7. The van der Waals surface area contributed by atoms with E-state index >= 15 is 0 Å². The van der Waals surface area contributed by atoms with Crippen LogP contribution in [0.25, 0.3) is 0 Å². The van der Waals surface area contributed by atoms with Crippen molar-refractivity contribution >= 4 is 123 Å². The molecule has 0 aromatic heterocycles. The highest BCUT2D eigenvalue weighted by Crippen LogP contribution is 2.38. The van der Waals surface area contributed by atoms with E-state index in [0.717, 1.165) is 29.7 Å². The van der Waals surface area contributed by atoms with Crippen molar-refractivity contribution < 1.29 is 68.1 Å². The number of benzene rings is 9. The summed E-state index contributed by atoms with van der Waals surface area (Å²) in [5, 5.41) is 74.2. The summed E-state index contributed by atoms with van der Waals surface area (Å²) in [5.41, 5.74) is 15.2. The van der Waals surface area contributed by atoms with Crippen LogP contribution in [0.4, 0.5) is 45.5 Å². The minimum atomic E-state index is -1.67. The van der Waals surface area contributed by atoms with E-state index in [-0.39, 0.29) is 62.5 Å². The number of nitro groups is 3. The number of carboxylic acids is 4. The summed E-state index contributed by atoms with van der Waals surface area (Å²) in [6, 6.07) is 61.6. The molecule has 11 rings (SSSR count). The SMILES string of the molecule is CCN(CC)CC.CC[C@H](N)c1ccccc1.Nc1ccccc1C(=O)O.O=C(O)c1cccc([N+](=O)[O-])c1Cl.O=C(O)c1ccccc1Nc1c(C(=O)O)cccc1[N+](=O)[O-].O=S(Cl)Cl.O=[N+]([O-])c1cccc(C2=N[C@H](c3ccccc3)CO2)c1Nc1ccccc1C1=N[C@H](c2ccccc2)CO1. The number of nitro benzene ring substituents is 3. The molecule has 2 heterocycles. The van der Waals surface area contributed by atoms with Crippen molar-refractivity contribution in [3.63, 3.8) is 0 Å². The average molecular weight is 1500 g/mol. The van der Waals surface area contributed by atoms with Crippen LogP contribution in [-0.2, 0) is 18.7 Å². The average Bonchev–Trinajstić information content (AvgIpc) is 1.44. The number of aliphatic imine (C=N–C) groups is 2. The Labute approximate surface area is 613 Å². The first kappa shape index (κ1) is 83.0. The molecule has 0 saturated carbocycles. The third-order valence-corrected chi connectivity index (χ3v) is 15.4. The largest absolute Gasteiger partial charge is 0.478 e. The molecule has 0 spiro atoms. The summed E-state index contributed by atoms with van der Waals surface area (Å²) in [5.74, 6) is -4.02. The molecule has 0 saturated heterocycles. The highest BCUT2D eigenvalue weighted by atomic mass is 36.0. The van der Waals surface area contributed by atoms with Gasteiger partial charge in [-0.15, -0.1) is 0 Å². The minimum absolute atomic E-state index is 0.0619. The lowest BCUT2D eigenvalue weighted by Gasteiger charge is -2.15. The van der Waals surface area contributed by atoms with Crippen molar-refractivity contribution in [1.29, 1.82) is 0 Å². The van der Waals surface area contributed by atoms with E-state index in [0.29, 0.717) is 53.2 Å². The fraction of sp³-hybridized carbons (Fsp3) is 0.178. The van der Waals surface area contributed by atoms with E-state index in [9.17, 15) is 49.5 Å². The maximum Gasteiger partial charge on any atom is 0.338 e. The van der Waals surface area contributed by atoms with Crippen molar-refractivity contribution in [1.82, 2.24) is 4.90 Å². The summed E-state index contributed by atoms with van der Waals surface area (Å²) in [6.45, 7) is 13.0. The maximum atomic E-state index is 12.0. The number of para-hydroxylation sites is 5. The number of ether oxygens (including phenoxy) is 2. The number of hydrogen-bond acceptors (Lipinski definition) is 20. The Morgan fingerprint density at radius 2 is 0.875 bits per heavy atom. The van der Waals surface area contributed by atoms with Gasteiger partial charge in [0.15, 0.2) is 0 Å². The van der Waals surface area contributed by atoms with Gasteiger partial charge >= 0.3 is 23.9 Å². The number of carbonyl (C=O) groups is 4. The first-order valence-electron chi connectivity index (χ1n) is 31.5. The van der Waals surface area contributed by atoms with Crippen LogP contribution >= 0.6 is 33.0 Å². The van der Waals surface area contributed by atoms with Crippen LogP contribution in [0.1, 0.15) is 121 Å². The lowest BCUT2D eigenvalue weighted by atomic mass is 10.1. The van der Waals surface area contributed by atoms with Crippen LogP contribution in [0.2, 0.25) is 5.02 Å². The van der Waals surface area contributed by atoms with Crippen molar-refractivity contribution in [2.24, 2.45) is 15.7 Å². The highest BCUT2D eigenvalue weighted by Gasteiger charge is 2.30. The second-order valence-electron chi connectivity index (χ2n) is 21.5. The molecular weight excluding hydrogens is 1430 g/mol. The monoisotopic (exact) mass is 1500 g/mol. The molecule has 0 aliphatic carbocycles. The second kappa shape index (κ2) is 42.6. The summed E-state index contributed by atoms with van der Waals surface area (Å²) in [4.78, 5) is 86.7. The van der Waals surface area contributed by atoms with Gasteiger partial charge in [-0.05, 0) is 97.3 Å². The van der Waals surface area contributed by atoms with Crippen LogP contribution < -0.4 is 22.1 Å². The van der Waals surface area contributed by atoms with Gasteiger partial charge < -0.3 is 56.9 Å². The first-order valence-corrected chi connectivity index (χ1v) is 34.7. The van der Waals surface area contributed by atoms with Gasteiger partial charge in [0.05, 0.1) is 59.5 Å². The van der Waals surface area contributed by atoms with Crippen LogP contribution in [0.3, 0.4) is 0 Å². The first-order chi connectivity index (χ1) is 49.8. The van der Waals surface area contributed by atoms with E-state index in [1.54, 1.807) is 30.3 Å². The maximum absolute atomic E-state index is 12.0. The molecule has 544 valence electrons. The van der Waals surface area contributed by atoms with E-state index in [2.05, 4.69) is 76.7 Å². The van der Waals surface area contributed by atoms with Gasteiger partial charge in [-0.3, -0.25) is 30.3 Å². The number of aromatic carboxylic acids is 4. The molecule has 0 fully saturated rings. The predicted molar refractivity (Wildman–Crippen MR) is 403 cm³/mol. The molecule has 0 bridgehead atoms. The summed E-state index contributed by atoms with van der Waals surface area (Å²) < 4.78 is 21.0. The van der Waals surface area contributed by atoms with E-state index in [4.69, 9.17) is 67.2 Å². The minimum Gasteiger partial charge on any atom is -0.478 e. The molecule has 3 atom stereocenters. The molecule has 2 aliphatic rings. The van der Waals surface area contributed by atoms with E-state index in [1.165, 1.54) is 85.9 Å². The van der Waals surface area contributed by atoms with Crippen LogP contribution in [-0.4, -0.2) is 113 Å². The second-order valence-corrected chi connectivity index (χ2v) is 24.4. The summed E-state index contributed by atoms with van der Waals surface area (Å²) in [6.07, 6.45) is 1.00. The Morgan fingerprint density at radius 1 is 0.510 bits per heavy atom. The Kier molecular flexibility index (Phi) is 34.0. The number of anilines is 5. The molecule has 9 aromatic rings. The van der Waals surface area contributed by atoms with Gasteiger partial charge in [0.25, 0.3) is 17.1 Å². The molecule has 2 aliphatic heterocycles. The number of hydrogen-bond donors (Lipinski definition) is 8. The molecule has 0 unspecified atom stereocenters. The molecule has 9 aromatic carbocycles. The topological polar surface area (TPSA) is 418 Å². The number of nitrogens with one attached hydrogen (secondary N) is 2. The van der Waals surface area contributed by atoms with Crippen LogP contribution in [0, 0.1) is 30.3 Å². The summed E-state index contributed by atoms with van der Waals surface area (Å²) in [7, 11) is 7.36. The van der Waals surface area contributed by atoms with Crippen LogP contribution in [0.5, 0.6) is 0 Å². The fourth-order valence-electron chi connectivity index (χ4n) is 9.69. The van der Waals surface area contributed by atoms with E-state index in [1.807, 2.05) is 103 Å². The van der Waals surface area contributed by atoms with Gasteiger partial charge in [0, 0.05) is 51.3 Å². The number of rotatable bonds is 20. The highest BCUT2D eigenvalue weighted by molar-refractivity contribution is 8.26. The number of carboxylic acid groups (broad SMARTS) is 4. The normalized spacial score (nSPS) is 13.1. The third kappa shape index (κ3) is 25.1. The summed E-state index contributed by atoms with van der Waals surface area (Å²) >= 11 is 5.48. The molecule has 10 N–H and O–H groups in total. The van der Waals surface area contributed by atoms with Crippen molar-refractivity contribution in [2.75, 3.05) is 49.2 Å². The van der Waals surface area contributed by atoms with Gasteiger partial charge in [-0.2, -0.15) is 0 Å². The van der Waals surface area contributed by atoms with Gasteiger partial charge in [-0.25, -0.2) is 33.4 Å². The zero-order chi connectivity index (χ0) is 76.4. The van der Waals surface area contributed by atoms with Crippen molar-refractivity contribution in [3.05, 3.63) is 304 Å². The predicted octanol–water partition coefficient (Wildman–Crippen LogP) is 16.5. The zero-order valence-electron chi connectivity index (χ0n) is 56.2. The Morgan fingerprint density at radius 3 is 1.32 bits per heavy atom. The third-order valence-electron chi connectivity index (χ3n) is 15.0. The lowest BCUT2D eigenvalue weighted by molar-refractivity contribution is -0.384. The number of nitrogen functional groups attached to an aromatic ring is 1. The van der Waals surface area contributed by atoms with E-state index < -0.39 is 59.2 Å². The smallest absolute Gasteiger partial charge is 0.338 e. The molecule has 27 nitrogen and oxygen atoms in total. The van der Waals surface area contributed by atoms with Gasteiger partial charge in [-0.1, -0.05) is 185 Å². The van der Waals surface area contributed by atoms with Gasteiger partial charge in [0.2, 0.25) is 21.0 Å². The van der Waals surface area contributed by atoms with Crippen molar-refractivity contribution in [3.8, 4) is 0 Å². The quantitative estimate of drug-likeness (QED) is 0.0152. The number of halogens is 3. The standard InChI is InChI=1S/C30H24N4O4.C14H10N2O6.C9H13N.C7H4ClNO4.C7H7NO2.C6H15N.Cl2OS/c35-34(36)27-17-9-15-23(30-33-26(19-38-30)21-12-5-2-6-13-21)28(27)31-24-16-8-7-14-22(24)29-32-25(18-37-29)20-10-3-1-4-11-20;17-13(18)8-4-1-2-6-10(8)15-12-9(14(19)20)5-3-7-11(12)16(21)22;1-2-9(10)8-6-4-3-5-7-8;8-6-4(7(10)11)2-1-3-5(6)9(12)13;8-6-4-2-1-3-5(6)7(9)10;1-4-7(5-2)6-3;1-4(2)3/h1-17,25-26,31H,18-19H2;1-7,15H,(H,17,18)(H,19,20);3-7,9H,2,10H2,1H3;1-3H,(H,10,11);1-4H,8H2,(H,9,10);4-6H2,1-3H3;/t25-,26-;;9-;;;;/m0.0..../s1. The Balaban J connectivity index is 0.000000248.